The zero-order valence-corrected chi connectivity index (χ0v) is 31.5. The first kappa shape index (κ1) is 38.7. The SMILES string of the molecule is COC(=O)N1CCC(N2CCc3ccccc3NC2=O)CC1.C[C@H](Cc1ccc(O)c(Cl)c1)C(=O)N1CCC(C2CCN(S(C)(=O)=O)CC2)CC1. The van der Waals surface area contributed by atoms with Gasteiger partial charge in [0.15, 0.2) is 0 Å². The molecule has 3 fully saturated rings. The maximum absolute atomic E-state index is 12.9. The summed E-state index contributed by atoms with van der Waals surface area (Å²) in [4.78, 5) is 42.4. The molecule has 0 radical (unpaired) electrons. The van der Waals surface area contributed by atoms with Gasteiger partial charge in [0.25, 0.3) is 0 Å². The molecule has 2 aromatic rings. The molecule has 2 N–H and O–H groups in total. The normalized spacial score (nSPS) is 20.4. The standard InChI is InChI=1S/C21H31ClN2O4S.C16H21N3O3/c1-15(13-16-3-4-20(25)19(22)14-16)21(26)23-9-5-17(6-10-23)18-7-11-24(12-8-18)29(2,27)28;1-22-16(21)18-9-7-13(8-10-18)19-11-6-12-4-2-3-5-14(12)17-15(19)20/h3-4,14-15,17-18,25H,5-13H2,1-2H3;2-5,13H,6-11H2,1H3,(H,17,20)/t15-;/m1./s1. The Morgan fingerprint density at radius 3 is 2.14 bits per heavy atom. The minimum Gasteiger partial charge on any atom is -0.506 e. The Balaban J connectivity index is 0.000000205. The van der Waals surface area contributed by atoms with Crippen LogP contribution < -0.4 is 5.32 Å². The van der Waals surface area contributed by atoms with E-state index in [1.54, 1.807) is 27.4 Å². The van der Waals surface area contributed by atoms with E-state index in [2.05, 4.69) is 11.4 Å². The Kier molecular flexibility index (Phi) is 13.1. The summed E-state index contributed by atoms with van der Waals surface area (Å²) < 4.78 is 29.7. The smallest absolute Gasteiger partial charge is 0.409 e. The predicted octanol–water partition coefficient (Wildman–Crippen LogP) is 5.44. The second-order valence-electron chi connectivity index (χ2n) is 14.3. The van der Waals surface area contributed by atoms with Crippen LogP contribution in [0.3, 0.4) is 0 Å². The number of halogens is 1. The van der Waals surface area contributed by atoms with E-state index in [1.165, 1.54) is 18.9 Å². The van der Waals surface area contributed by atoms with Gasteiger partial charge in [-0.05, 0) is 92.5 Å². The summed E-state index contributed by atoms with van der Waals surface area (Å²) in [6.45, 7) is 6.71. The van der Waals surface area contributed by atoms with Crippen LogP contribution in [0.25, 0.3) is 0 Å². The van der Waals surface area contributed by atoms with E-state index in [1.807, 2.05) is 34.9 Å². The van der Waals surface area contributed by atoms with Crippen LogP contribution in [0.15, 0.2) is 42.5 Å². The monoisotopic (exact) mass is 745 g/mol. The molecule has 0 spiro atoms. The number of sulfonamides is 1. The summed E-state index contributed by atoms with van der Waals surface area (Å²) in [6, 6.07) is 13.1. The molecule has 4 amide bonds. The Labute approximate surface area is 307 Å². The second-order valence-corrected chi connectivity index (χ2v) is 16.7. The largest absolute Gasteiger partial charge is 0.506 e. The summed E-state index contributed by atoms with van der Waals surface area (Å²) in [7, 11) is -1.69. The number of carbonyl (C=O) groups excluding carboxylic acids is 3. The van der Waals surface area contributed by atoms with Gasteiger partial charge < -0.3 is 29.9 Å². The molecule has 0 aromatic heterocycles. The number of rotatable bonds is 6. The van der Waals surface area contributed by atoms with Crippen LogP contribution in [0.2, 0.25) is 5.02 Å². The number of fused-ring (bicyclic) bond motifs is 1. The average molecular weight is 746 g/mol. The molecular weight excluding hydrogens is 694 g/mol. The first-order chi connectivity index (χ1) is 24.3. The number of aromatic hydroxyl groups is 1. The zero-order valence-electron chi connectivity index (χ0n) is 29.9. The van der Waals surface area contributed by atoms with Crippen molar-refractivity contribution in [2.75, 3.05) is 64.5 Å². The number of piperidine rings is 3. The number of carbonyl (C=O) groups is 3. The number of benzene rings is 2. The molecular formula is C37H52ClN5O7S. The predicted molar refractivity (Wildman–Crippen MR) is 197 cm³/mol. The lowest BCUT2D eigenvalue weighted by Crippen LogP contribution is -2.50. The van der Waals surface area contributed by atoms with Gasteiger partial charge in [0.2, 0.25) is 15.9 Å². The van der Waals surface area contributed by atoms with Crippen LogP contribution in [0.5, 0.6) is 5.75 Å². The second kappa shape index (κ2) is 17.3. The quantitative estimate of drug-likeness (QED) is 0.402. The number of methoxy groups -OCH3 is 1. The van der Waals surface area contributed by atoms with E-state index in [4.69, 9.17) is 16.3 Å². The minimum atomic E-state index is -3.08. The molecule has 4 aliphatic heterocycles. The van der Waals surface area contributed by atoms with Gasteiger partial charge >= 0.3 is 12.1 Å². The van der Waals surface area contributed by atoms with E-state index in [0.29, 0.717) is 56.0 Å². The van der Waals surface area contributed by atoms with Crippen LogP contribution in [-0.2, 0) is 32.4 Å². The molecule has 14 heteroatoms. The number of hydrogen-bond donors (Lipinski definition) is 2. The van der Waals surface area contributed by atoms with Crippen LogP contribution in [-0.4, -0.2) is 116 Å². The number of phenolic OH excluding ortho intramolecular Hbond substituents is 1. The van der Waals surface area contributed by atoms with E-state index in [0.717, 1.165) is 69.3 Å². The fraction of sp³-hybridized carbons (Fsp3) is 0.595. The maximum Gasteiger partial charge on any atom is 0.409 e. The first-order valence-corrected chi connectivity index (χ1v) is 20.3. The van der Waals surface area contributed by atoms with E-state index in [9.17, 15) is 27.9 Å². The van der Waals surface area contributed by atoms with Gasteiger partial charge in [-0.25, -0.2) is 22.3 Å². The number of phenols is 1. The number of hydrogen-bond acceptors (Lipinski definition) is 7. The Hall–Kier alpha value is -3.55. The van der Waals surface area contributed by atoms with Crippen molar-refractivity contribution in [2.45, 2.75) is 64.3 Å². The highest BCUT2D eigenvalue weighted by Crippen LogP contribution is 2.34. The number of para-hydroxylation sites is 1. The number of amides is 4. The molecule has 0 saturated carbocycles. The van der Waals surface area contributed by atoms with Crippen molar-refractivity contribution in [2.24, 2.45) is 17.8 Å². The Morgan fingerprint density at radius 1 is 0.922 bits per heavy atom. The molecule has 0 aliphatic carbocycles. The number of nitrogens with one attached hydrogen (secondary N) is 1. The summed E-state index contributed by atoms with van der Waals surface area (Å²) in [5.41, 5.74) is 3.02. The van der Waals surface area contributed by atoms with Crippen LogP contribution in [0, 0.1) is 17.8 Å². The van der Waals surface area contributed by atoms with Crippen molar-refractivity contribution in [3.63, 3.8) is 0 Å². The number of anilines is 1. The van der Waals surface area contributed by atoms with Gasteiger partial charge in [0.05, 0.1) is 18.4 Å². The minimum absolute atomic E-state index is 0.0403. The molecule has 4 heterocycles. The fourth-order valence-corrected chi connectivity index (χ4v) is 9.00. The Bertz CT molecular complexity index is 1640. The zero-order chi connectivity index (χ0) is 36.7. The molecule has 2 aromatic carbocycles. The molecule has 3 saturated heterocycles. The third-order valence-electron chi connectivity index (χ3n) is 10.9. The molecule has 1 atom stereocenters. The lowest BCUT2D eigenvalue weighted by Gasteiger charge is -2.40. The van der Waals surface area contributed by atoms with Crippen LogP contribution in [0.1, 0.15) is 56.6 Å². The number of likely N-dealkylation sites (tertiary alicyclic amines) is 2. The van der Waals surface area contributed by atoms with E-state index < -0.39 is 10.0 Å². The van der Waals surface area contributed by atoms with Gasteiger partial charge in [-0.1, -0.05) is 42.8 Å². The topological polar surface area (TPSA) is 140 Å². The number of urea groups is 1. The van der Waals surface area contributed by atoms with Crippen LogP contribution in [0.4, 0.5) is 15.3 Å². The van der Waals surface area contributed by atoms with Gasteiger partial charge in [-0.2, -0.15) is 0 Å². The van der Waals surface area contributed by atoms with Gasteiger partial charge in [0, 0.05) is 63.5 Å². The van der Waals surface area contributed by atoms with Gasteiger partial charge in [0.1, 0.15) is 5.75 Å². The molecule has 4 aliphatic rings. The molecule has 12 nitrogen and oxygen atoms in total. The number of nitrogens with zero attached hydrogens (tertiary/aromatic N) is 4. The summed E-state index contributed by atoms with van der Waals surface area (Å²) in [5, 5.41) is 12.8. The molecule has 280 valence electrons. The van der Waals surface area contributed by atoms with E-state index >= 15 is 0 Å². The lowest BCUT2D eigenvalue weighted by molar-refractivity contribution is -0.136. The highest BCUT2D eigenvalue weighted by molar-refractivity contribution is 7.88. The van der Waals surface area contributed by atoms with Crippen molar-refractivity contribution in [1.82, 2.24) is 19.0 Å². The summed E-state index contributed by atoms with van der Waals surface area (Å²) in [6.07, 6.45) is 7.86. The third-order valence-corrected chi connectivity index (χ3v) is 12.5. The fourth-order valence-electron chi connectivity index (χ4n) is 7.93. The average Bonchev–Trinajstić information content (AvgIpc) is 3.30. The van der Waals surface area contributed by atoms with Crippen molar-refractivity contribution in [3.8, 4) is 5.75 Å². The van der Waals surface area contributed by atoms with Crippen LogP contribution >= 0.6 is 11.6 Å². The molecule has 6 rings (SSSR count). The first-order valence-electron chi connectivity index (χ1n) is 18.0. The summed E-state index contributed by atoms with van der Waals surface area (Å²) >= 11 is 5.97. The Morgan fingerprint density at radius 2 is 1.53 bits per heavy atom. The highest BCUT2D eigenvalue weighted by atomic mass is 35.5. The molecule has 0 bridgehead atoms. The third kappa shape index (κ3) is 10.1. The van der Waals surface area contributed by atoms with Crippen molar-refractivity contribution >= 4 is 45.3 Å². The highest BCUT2D eigenvalue weighted by Gasteiger charge is 2.34. The summed E-state index contributed by atoms with van der Waals surface area (Å²) in [5.74, 6) is 1.22. The van der Waals surface area contributed by atoms with E-state index in [-0.39, 0.29) is 35.7 Å². The molecule has 51 heavy (non-hydrogen) atoms. The number of ether oxygens (including phenoxy) is 1. The van der Waals surface area contributed by atoms with Gasteiger partial charge in [-0.3, -0.25) is 4.79 Å². The maximum atomic E-state index is 12.9. The molecule has 0 unspecified atom stereocenters. The van der Waals surface area contributed by atoms with Crippen molar-refractivity contribution in [3.05, 3.63) is 58.6 Å². The van der Waals surface area contributed by atoms with Crippen molar-refractivity contribution in [1.29, 1.82) is 0 Å². The van der Waals surface area contributed by atoms with Gasteiger partial charge in [-0.15, -0.1) is 0 Å². The lowest BCUT2D eigenvalue weighted by atomic mass is 9.79. The van der Waals surface area contributed by atoms with Crippen molar-refractivity contribution < 1.29 is 32.6 Å².